The molecule has 1 amide bonds. The lowest BCUT2D eigenvalue weighted by Crippen LogP contribution is -2.20. The quantitative estimate of drug-likeness (QED) is 0.924. The lowest BCUT2D eigenvalue weighted by molar-refractivity contribution is -0.117. The fraction of sp³-hybridized carbons (Fsp3) is 0.429. The molecule has 1 aliphatic rings. The van der Waals surface area contributed by atoms with E-state index in [1.807, 2.05) is 11.8 Å². The van der Waals surface area contributed by atoms with Crippen LogP contribution < -0.4 is 5.32 Å². The highest BCUT2D eigenvalue weighted by atomic mass is 32.2. The monoisotopic (exact) mass is 278 g/mol. The predicted octanol–water partition coefficient (Wildman–Crippen LogP) is 3.17. The van der Waals surface area contributed by atoms with Gasteiger partial charge in [0.15, 0.2) is 0 Å². The second-order valence-electron chi connectivity index (χ2n) is 4.58. The molecule has 1 fully saturated rings. The first-order valence-corrected chi connectivity index (χ1v) is 7.42. The fourth-order valence-corrected chi connectivity index (χ4v) is 3.36. The van der Waals surface area contributed by atoms with Crippen LogP contribution in [0.5, 0.6) is 0 Å². The second kappa shape index (κ2) is 6.58. The van der Waals surface area contributed by atoms with Gasteiger partial charge in [-0.3, -0.25) is 4.79 Å². The van der Waals surface area contributed by atoms with Crippen LogP contribution in [-0.4, -0.2) is 17.4 Å². The average Bonchev–Trinajstić information content (AvgIpc) is 2.40. The van der Waals surface area contributed by atoms with Crippen molar-refractivity contribution in [3.05, 3.63) is 29.6 Å². The van der Waals surface area contributed by atoms with Crippen molar-refractivity contribution in [2.75, 3.05) is 16.8 Å². The average molecular weight is 278 g/mol. The Kier molecular flexibility index (Phi) is 4.80. The number of amides is 1. The van der Waals surface area contributed by atoms with Crippen molar-refractivity contribution >= 4 is 23.4 Å². The maximum atomic E-state index is 13.4. The van der Waals surface area contributed by atoms with E-state index >= 15 is 0 Å². The van der Waals surface area contributed by atoms with Crippen LogP contribution in [0.25, 0.3) is 0 Å². The number of hydrogen-bond acceptors (Lipinski definition) is 3. The Labute approximate surface area is 116 Å². The molecule has 1 aliphatic heterocycles. The highest BCUT2D eigenvalue weighted by Crippen LogP contribution is 2.26. The van der Waals surface area contributed by atoms with Gasteiger partial charge in [-0.1, -0.05) is 6.07 Å². The molecule has 0 radical (unpaired) electrons. The number of rotatable bonds is 3. The number of nitrogens with zero attached hydrogens (tertiary/aromatic N) is 1. The van der Waals surface area contributed by atoms with E-state index < -0.39 is 5.82 Å². The van der Waals surface area contributed by atoms with Crippen molar-refractivity contribution in [1.82, 2.24) is 0 Å². The molecule has 0 bridgehead atoms. The Bertz CT molecular complexity index is 507. The zero-order valence-electron chi connectivity index (χ0n) is 10.5. The van der Waals surface area contributed by atoms with E-state index in [0.29, 0.717) is 12.3 Å². The first kappa shape index (κ1) is 13.9. The van der Waals surface area contributed by atoms with Crippen molar-refractivity contribution in [3.8, 4) is 6.07 Å². The molecule has 0 aliphatic carbocycles. The number of hydrogen-bond donors (Lipinski definition) is 1. The molecule has 0 saturated carbocycles. The summed E-state index contributed by atoms with van der Waals surface area (Å²) in [7, 11) is 0. The molecule has 0 atom stereocenters. The van der Waals surface area contributed by atoms with E-state index in [1.54, 1.807) is 12.1 Å². The topological polar surface area (TPSA) is 52.9 Å². The third-order valence-electron chi connectivity index (χ3n) is 3.21. The SMILES string of the molecule is N#Cc1c(F)cccc1NC(=O)CC1CCSCC1. The minimum atomic E-state index is -0.602. The number of carbonyl (C=O) groups excluding carboxylic acids is 1. The number of halogens is 1. The summed E-state index contributed by atoms with van der Waals surface area (Å²) in [4.78, 5) is 11.9. The Morgan fingerprint density at radius 3 is 2.89 bits per heavy atom. The molecule has 1 N–H and O–H groups in total. The van der Waals surface area contributed by atoms with Crippen molar-refractivity contribution in [2.45, 2.75) is 19.3 Å². The van der Waals surface area contributed by atoms with Crippen LogP contribution in [0.1, 0.15) is 24.8 Å². The first-order chi connectivity index (χ1) is 9.20. The van der Waals surface area contributed by atoms with Gasteiger partial charge in [-0.2, -0.15) is 17.0 Å². The molecule has 1 saturated heterocycles. The summed E-state index contributed by atoms with van der Waals surface area (Å²) in [6.07, 6.45) is 2.54. The van der Waals surface area contributed by atoms with E-state index in [4.69, 9.17) is 5.26 Å². The summed E-state index contributed by atoms with van der Waals surface area (Å²) in [6, 6.07) is 6.04. The Morgan fingerprint density at radius 2 is 2.21 bits per heavy atom. The number of thioether (sulfide) groups is 1. The van der Waals surface area contributed by atoms with Gasteiger partial charge in [0, 0.05) is 6.42 Å². The van der Waals surface area contributed by atoms with E-state index in [-0.39, 0.29) is 17.2 Å². The van der Waals surface area contributed by atoms with Crippen LogP contribution in [0.2, 0.25) is 0 Å². The highest BCUT2D eigenvalue weighted by Gasteiger charge is 2.18. The van der Waals surface area contributed by atoms with Gasteiger partial charge in [0.05, 0.1) is 5.69 Å². The van der Waals surface area contributed by atoms with Crippen LogP contribution in [0, 0.1) is 23.1 Å². The van der Waals surface area contributed by atoms with Crippen molar-refractivity contribution < 1.29 is 9.18 Å². The second-order valence-corrected chi connectivity index (χ2v) is 5.81. The molecule has 1 aromatic carbocycles. The summed E-state index contributed by atoms with van der Waals surface area (Å²) < 4.78 is 13.4. The normalized spacial score (nSPS) is 15.8. The molecule has 2 rings (SSSR count). The van der Waals surface area contributed by atoms with Crippen LogP contribution in [0.4, 0.5) is 10.1 Å². The molecule has 19 heavy (non-hydrogen) atoms. The molecule has 5 heteroatoms. The predicted molar refractivity (Wildman–Crippen MR) is 74.4 cm³/mol. The lowest BCUT2D eigenvalue weighted by Gasteiger charge is -2.20. The van der Waals surface area contributed by atoms with Crippen molar-refractivity contribution in [2.24, 2.45) is 5.92 Å². The summed E-state index contributed by atoms with van der Waals surface area (Å²) in [5.74, 6) is 1.86. The summed E-state index contributed by atoms with van der Waals surface area (Å²) in [5.41, 5.74) is 0.160. The number of carbonyl (C=O) groups is 1. The van der Waals surface area contributed by atoms with Gasteiger partial charge in [0.25, 0.3) is 0 Å². The molecule has 0 aromatic heterocycles. The van der Waals surface area contributed by atoms with Crippen LogP contribution in [0.15, 0.2) is 18.2 Å². The van der Waals surface area contributed by atoms with E-state index in [0.717, 1.165) is 24.3 Å². The van der Waals surface area contributed by atoms with Gasteiger partial charge in [0.2, 0.25) is 5.91 Å². The number of nitrogens with one attached hydrogen (secondary N) is 1. The van der Waals surface area contributed by atoms with Gasteiger partial charge in [-0.15, -0.1) is 0 Å². The molecule has 1 aromatic rings. The van der Waals surface area contributed by atoms with E-state index in [2.05, 4.69) is 5.32 Å². The largest absolute Gasteiger partial charge is 0.325 e. The standard InChI is InChI=1S/C14H15FN2OS/c15-12-2-1-3-13(11(12)9-16)17-14(18)8-10-4-6-19-7-5-10/h1-3,10H,4-8H2,(H,17,18). The van der Waals surface area contributed by atoms with E-state index in [9.17, 15) is 9.18 Å². The van der Waals surface area contributed by atoms with Gasteiger partial charge < -0.3 is 5.32 Å². The van der Waals surface area contributed by atoms with Crippen LogP contribution in [-0.2, 0) is 4.79 Å². The molecule has 1 heterocycles. The first-order valence-electron chi connectivity index (χ1n) is 6.27. The maximum Gasteiger partial charge on any atom is 0.224 e. The molecule has 3 nitrogen and oxygen atoms in total. The molecule has 0 unspecified atom stereocenters. The zero-order valence-corrected chi connectivity index (χ0v) is 11.3. The minimum absolute atomic E-state index is 0.102. The fourth-order valence-electron chi connectivity index (χ4n) is 2.16. The number of nitriles is 1. The Morgan fingerprint density at radius 1 is 1.47 bits per heavy atom. The summed E-state index contributed by atoms with van der Waals surface area (Å²) in [5, 5.41) is 11.5. The highest BCUT2D eigenvalue weighted by molar-refractivity contribution is 7.99. The number of anilines is 1. The van der Waals surface area contributed by atoms with E-state index in [1.165, 1.54) is 12.1 Å². The third kappa shape index (κ3) is 3.71. The van der Waals surface area contributed by atoms with Gasteiger partial charge in [0.1, 0.15) is 17.4 Å². The maximum absolute atomic E-state index is 13.4. The summed E-state index contributed by atoms with van der Waals surface area (Å²) in [6.45, 7) is 0. The Balaban J connectivity index is 1.99. The van der Waals surface area contributed by atoms with Crippen LogP contribution >= 0.6 is 11.8 Å². The molecule has 100 valence electrons. The molecule has 0 spiro atoms. The van der Waals surface area contributed by atoms with Gasteiger partial charge >= 0.3 is 0 Å². The van der Waals surface area contributed by atoms with Crippen molar-refractivity contribution in [1.29, 1.82) is 5.26 Å². The minimum Gasteiger partial charge on any atom is -0.325 e. The summed E-state index contributed by atoms with van der Waals surface area (Å²) >= 11 is 1.91. The Hall–Kier alpha value is -1.54. The number of benzene rings is 1. The zero-order chi connectivity index (χ0) is 13.7. The lowest BCUT2D eigenvalue weighted by atomic mass is 9.98. The smallest absolute Gasteiger partial charge is 0.224 e. The van der Waals surface area contributed by atoms with Gasteiger partial charge in [-0.25, -0.2) is 4.39 Å². The molecular weight excluding hydrogens is 263 g/mol. The molecular formula is C14H15FN2OS. The van der Waals surface area contributed by atoms with Crippen molar-refractivity contribution in [3.63, 3.8) is 0 Å². The van der Waals surface area contributed by atoms with Gasteiger partial charge in [-0.05, 0) is 42.4 Å². The third-order valence-corrected chi connectivity index (χ3v) is 4.26. The van der Waals surface area contributed by atoms with Crippen LogP contribution in [0.3, 0.4) is 0 Å².